The molecule has 1 aliphatic rings. The third-order valence-electron chi connectivity index (χ3n) is 4.04. The summed E-state index contributed by atoms with van der Waals surface area (Å²) in [5, 5.41) is 25.6. The first-order valence-corrected chi connectivity index (χ1v) is 7.01. The van der Waals surface area contributed by atoms with E-state index in [4.69, 9.17) is 9.63 Å². The first-order valence-electron chi connectivity index (χ1n) is 7.01. The van der Waals surface area contributed by atoms with Gasteiger partial charge in [0.15, 0.2) is 0 Å². The number of aromatic nitrogens is 1. The van der Waals surface area contributed by atoms with E-state index < -0.39 is 6.10 Å². The van der Waals surface area contributed by atoms with Crippen LogP contribution in [0.15, 0.2) is 4.52 Å². The molecule has 20 heavy (non-hydrogen) atoms. The van der Waals surface area contributed by atoms with Gasteiger partial charge in [0, 0.05) is 30.6 Å². The van der Waals surface area contributed by atoms with Gasteiger partial charge in [-0.3, -0.25) is 4.79 Å². The Morgan fingerprint density at radius 2 is 2.20 bits per heavy atom. The fourth-order valence-corrected chi connectivity index (χ4v) is 2.81. The molecule has 0 unspecified atom stereocenters. The molecule has 2 rings (SSSR count). The minimum atomic E-state index is -0.520. The number of carbonyl (C=O) groups is 1. The maximum Gasteiger partial charge on any atom is 0.220 e. The summed E-state index contributed by atoms with van der Waals surface area (Å²) in [7, 11) is 0. The molecule has 0 aliphatic heterocycles. The molecule has 0 radical (unpaired) electrons. The average molecular weight is 282 g/mol. The van der Waals surface area contributed by atoms with Crippen molar-refractivity contribution in [3.05, 3.63) is 17.0 Å². The molecule has 1 aromatic heterocycles. The minimum Gasteiger partial charge on any atom is -0.396 e. The van der Waals surface area contributed by atoms with Crippen LogP contribution in [0.25, 0.3) is 0 Å². The number of amides is 1. The number of rotatable bonds is 5. The number of hydrogen-bond donors (Lipinski definition) is 3. The van der Waals surface area contributed by atoms with Crippen LogP contribution < -0.4 is 5.32 Å². The summed E-state index contributed by atoms with van der Waals surface area (Å²) in [4.78, 5) is 11.9. The van der Waals surface area contributed by atoms with E-state index in [1.165, 1.54) is 0 Å². The van der Waals surface area contributed by atoms with Crippen LogP contribution in [0.2, 0.25) is 0 Å². The Labute approximate surface area is 118 Å². The van der Waals surface area contributed by atoms with Gasteiger partial charge in [-0.25, -0.2) is 0 Å². The predicted molar refractivity (Wildman–Crippen MR) is 72.0 cm³/mol. The number of aryl methyl sites for hydroxylation is 2. The summed E-state index contributed by atoms with van der Waals surface area (Å²) in [6.45, 7) is 3.67. The molecule has 1 saturated carbocycles. The number of hydrogen-bond acceptors (Lipinski definition) is 5. The van der Waals surface area contributed by atoms with Crippen molar-refractivity contribution >= 4 is 5.91 Å². The van der Waals surface area contributed by atoms with Crippen LogP contribution >= 0.6 is 0 Å². The van der Waals surface area contributed by atoms with E-state index in [9.17, 15) is 9.90 Å². The highest BCUT2D eigenvalue weighted by Gasteiger charge is 2.33. The third kappa shape index (κ3) is 3.37. The van der Waals surface area contributed by atoms with Crippen molar-refractivity contribution < 1.29 is 19.5 Å². The standard InChI is InChI=1S/C14H22N2O4/c1-8-12(9(2)20-16-8)3-4-14(19)15-11-5-10(7-17)13(18)6-11/h10-11,13,17-18H,3-7H2,1-2H3,(H,15,19)/t10-,11-,13-/m0/s1. The van der Waals surface area contributed by atoms with Crippen molar-refractivity contribution in [1.82, 2.24) is 10.5 Å². The highest BCUT2D eigenvalue weighted by Crippen LogP contribution is 2.25. The molecule has 1 fully saturated rings. The maximum absolute atomic E-state index is 11.9. The van der Waals surface area contributed by atoms with E-state index in [0.29, 0.717) is 25.7 Å². The van der Waals surface area contributed by atoms with Crippen molar-refractivity contribution in [2.75, 3.05) is 6.61 Å². The van der Waals surface area contributed by atoms with Crippen LogP contribution in [-0.4, -0.2) is 40.0 Å². The number of nitrogens with one attached hydrogen (secondary N) is 1. The Bertz CT molecular complexity index is 452. The van der Waals surface area contributed by atoms with Gasteiger partial charge >= 0.3 is 0 Å². The summed E-state index contributed by atoms with van der Waals surface area (Å²) < 4.78 is 5.06. The monoisotopic (exact) mass is 282 g/mol. The molecule has 1 amide bonds. The first kappa shape index (κ1) is 15.0. The maximum atomic E-state index is 11.9. The second kappa shape index (κ2) is 6.37. The quantitative estimate of drug-likeness (QED) is 0.729. The Hall–Kier alpha value is -1.40. The first-order chi connectivity index (χ1) is 9.51. The van der Waals surface area contributed by atoms with E-state index in [2.05, 4.69) is 10.5 Å². The molecule has 3 N–H and O–H groups in total. The van der Waals surface area contributed by atoms with Gasteiger partial charge in [0.2, 0.25) is 5.91 Å². The molecule has 1 aromatic rings. The summed E-state index contributed by atoms with van der Waals surface area (Å²) in [5.41, 5.74) is 1.81. The zero-order chi connectivity index (χ0) is 14.7. The van der Waals surface area contributed by atoms with E-state index in [0.717, 1.165) is 17.0 Å². The van der Waals surface area contributed by atoms with Crippen LogP contribution in [-0.2, 0) is 11.2 Å². The molecule has 6 heteroatoms. The molecule has 6 nitrogen and oxygen atoms in total. The summed E-state index contributed by atoms with van der Waals surface area (Å²) in [5.74, 6) is 0.593. The lowest BCUT2D eigenvalue weighted by molar-refractivity contribution is -0.121. The van der Waals surface area contributed by atoms with Crippen LogP contribution in [0.4, 0.5) is 0 Å². The normalized spacial score (nSPS) is 25.9. The smallest absolute Gasteiger partial charge is 0.220 e. The largest absolute Gasteiger partial charge is 0.396 e. The van der Waals surface area contributed by atoms with Gasteiger partial charge in [0.05, 0.1) is 11.8 Å². The van der Waals surface area contributed by atoms with E-state index in [1.807, 2.05) is 13.8 Å². The lowest BCUT2D eigenvalue weighted by atomic mass is 10.1. The van der Waals surface area contributed by atoms with Crippen LogP contribution in [0.3, 0.4) is 0 Å². The van der Waals surface area contributed by atoms with Gasteiger partial charge < -0.3 is 20.1 Å². The molecule has 1 aliphatic carbocycles. The predicted octanol–water partition coefficient (Wildman–Crippen LogP) is 0.472. The topological polar surface area (TPSA) is 95.6 Å². The Kier molecular flexibility index (Phi) is 4.77. The number of aliphatic hydroxyl groups excluding tert-OH is 2. The van der Waals surface area contributed by atoms with Crippen molar-refractivity contribution in [2.45, 2.75) is 51.7 Å². The van der Waals surface area contributed by atoms with Crippen LogP contribution in [0, 0.1) is 19.8 Å². The molecule has 0 bridgehead atoms. The van der Waals surface area contributed by atoms with Crippen LogP contribution in [0.1, 0.15) is 36.3 Å². The van der Waals surface area contributed by atoms with Gasteiger partial charge in [-0.1, -0.05) is 5.16 Å². The summed E-state index contributed by atoms with van der Waals surface area (Å²) in [6.07, 6.45) is 1.61. The molecule has 0 spiro atoms. The summed E-state index contributed by atoms with van der Waals surface area (Å²) >= 11 is 0. The van der Waals surface area contributed by atoms with Crippen LogP contribution in [0.5, 0.6) is 0 Å². The lowest BCUT2D eigenvalue weighted by Gasteiger charge is -2.12. The van der Waals surface area contributed by atoms with Crippen molar-refractivity contribution in [1.29, 1.82) is 0 Å². The Balaban J connectivity index is 1.79. The molecule has 1 heterocycles. The number of carbonyl (C=O) groups excluding carboxylic acids is 1. The highest BCUT2D eigenvalue weighted by molar-refractivity contribution is 5.76. The fraction of sp³-hybridized carbons (Fsp3) is 0.714. The van der Waals surface area contributed by atoms with Crippen molar-refractivity contribution in [2.24, 2.45) is 5.92 Å². The molecular weight excluding hydrogens is 260 g/mol. The van der Waals surface area contributed by atoms with Gasteiger partial charge in [0.25, 0.3) is 0 Å². The van der Waals surface area contributed by atoms with Crippen molar-refractivity contribution in [3.8, 4) is 0 Å². The lowest BCUT2D eigenvalue weighted by Crippen LogP contribution is -2.33. The Morgan fingerprint density at radius 3 is 2.75 bits per heavy atom. The second-order valence-electron chi connectivity index (χ2n) is 5.55. The fourth-order valence-electron chi connectivity index (χ4n) is 2.81. The van der Waals surface area contributed by atoms with Gasteiger partial charge in [-0.2, -0.15) is 0 Å². The van der Waals surface area contributed by atoms with Gasteiger partial charge in [-0.15, -0.1) is 0 Å². The third-order valence-corrected chi connectivity index (χ3v) is 4.04. The molecular formula is C14H22N2O4. The number of aliphatic hydroxyl groups is 2. The molecule has 0 aromatic carbocycles. The highest BCUT2D eigenvalue weighted by atomic mass is 16.5. The Morgan fingerprint density at radius 1 is 1.45 bits per heavy atom. The SMILES string of the molecule is Cc1noc(C)c1CCC(=O)N[C@H]1C[C@@H](CO)[C@@H](O)C1. The van der Waals surface area contributed by atoms with Crippen molar-refractivity contribution in [3.63, 3.8) is 0 Å². The molecule has 112 valence electrons. The molecule has 3 atom stereocenters. The average Bonchev–Trinajstić information content (AvgIpc) is 2.91. The van der Waals surface area contributed by atoms with E-state index >= 15 is 0 Å². The minimum absolute atomic E-state index is 0.0351. The zero-order valence-corrected chi connectivity index (χ0v) is 11.9. The number of nitrogens with zero attached hydrogens (tertiary/aromatic N) is 1. The van der Waals surface area contributed by atoms with Gasteiger partial charge in [0.1, 0.15) is 5.76 Å². The summed E-state index contributed by atoms with van der Waals surface area (Å²) in [6, 6.07) is -0.0423. The van der Waals surface area contributed by atoms with E-state index in [-0.39, 0.29) is 24.5 Å². The second-order valence-corrected chi connectivity index (χ2v) is 5.55. The van der Waals surface area contributed by atoms with Gasteiger partial charge in [-0.05, 0) is 33.1 Å². The molecule has 0 saturated heterocycles. The zero-order valence-electron chi connectivity index (χ0n) is 11.9. The van der Waals surface area contributed by atoms with E-state index in [1.54, 1.807) is 0 Å².